The predicted molar refractivity (Wildman–Crippen MR) is 103 cm³/mol. The van der Waals surface area contributed by atoms with E-state index >= 15 is 0 Å². The molecule has 1 aromatic rings. The zero-order valence-corrected chi connectivity index (χ0v) is 16.3. The summed E-state index contributed by atoms with van der Waals surface area (Å²) < 4.78 is 5.43. The molecule has 0 spiro atoms. The first-order valence-electron chi connectivity index (χ1n) is 8.57. The number of carbonyl (C=O) groups excluding carboxylic acids is 1. The van der Waals surface area contributed by atoms with Gasteiger partial charge < -0.3 is 15.0 Å². The van der Waals surface area contributed by atoms with E-state index in [4.69, 9.17) is 4.74 Å². The predicted octanol–water partition coefficient (Wildman–Crippen LogP) is 3.45. The average Bonchev–Trinajstić information content (AvgIpc) is 2.60. The van der Waals surface area contributed by atoms with Crippen LogP contribution in [0.15, 0.2) is 29.2 Å². The molecular formula is C18H29ClN2O2S. The van der Waals surface area contributed by atoms with Crippen molar-refractivity contribution >= 4 is 30.1 Å². The highest BCUT2D eigenvalue weighted by Gasteiger charge is 2.22. The number of halogens is 1. The quantitative estimate of drug-likeness (QED) is 0.709. The molecule has 1 fully saturated rings. The first kappa shape index (κ1) is 21.1. The molecule has 6 heteroatoms. The minimum Gasteiger partial charge on any atom is -0.494 e. The van der Waals surface area contributed by atoms with Crippen molar-refractivity contribution in [2.24, 2.45) is 5.92 Å². The molecular weight excluding hydrogens is 344 g/mol. The van der Waals surface area contributed by atoms with Crippen molar-refractivity contribution < 1.29 is 9.53 Å². The van der Waals surface area contributed by atoms with Crippen molar-refractivity contribution in [2.45, 2.75) is 31.6 Å². The average molecular weight is 373 g/mol. The third-order valence-electron chi connectivity index (χ3n) is 4.15. The highest BCUT2D eigenvalue weighted by atomic mass is 35.5. The number of nitrogens with one attached hydrogen (secondary N) is 1. The summed E-state index contributed by atoms with van der Waals surface area (Å²) in [5.41, 5.74) is 0. The van der Waals surface area contributed by atoms with Gasteiger partial charge >= 0.3 is 0 Å². The number of hydrogen-bond donors (Lipinski definition) is 1. The van der Waals surface area contributed by atoms with Gasteiger partial charge in [-0.25, -0.2) is 0 Å². The van der Waals surface area contributed by atoms with Crippen LogP contribution in [0.4, 0.5) is 0 Å². The van der Waals surface area contributed by atoms with Gasteiger partial charge in [0.15, 0.2) is 0 Å². The van der Waals surface area contributed by atoms with Gasteiger partial charge in [-0.15, -0.1) is 24.2 Å². The molecule has 2 rings (SSSR count). The van der Waals surface area contributed by atoms with Gasteiger partial charge in [-0.3, -0.25) is 4.79 Å². The third-order valence-corrected chi connectivity index (χ3v) is 5.14. The second-order valence-corrected chi connectivity index (χ2v) is 6.87. The van der Waals surface area contributed by atoms with Crippen molar-refractivity contribution in [1.29, 1.82) is 0 Å². The Bertz CT molecular complexity index is 476. The molecule has 24 heavy (non-hydrogen) atoms. The molecule has 136 valence electrons. The van der Waals surface area contributed by atoms with E-state index in [0.29, 0.717) is 12.4 Å². The molecule has 0 atom stereocenters. The van der Waals surface area contributed by atoms with Crippen LogP contribution in [0.1, 0.15) is 26.7 Å². The SMILES string of the molecule is CCNCC1CCN(C(=O)CSc2ccc(OCC)cc2)CC1.Cl. The maximum atomic E-state index is 12.3. The van der Waals surface area contributed by atoms with E-state index in [1.165, 1.54) is 0 Å². The fraction of sp³-hybridized carbons (Fsp3) is 0.611. The Kier molecular flexibility index (Phi) is 10.2. The molecule has 1 saturated heterocycles. The molecule has 1 amide bonds. The minimum absolute atomic E-state index is 0. The molecule has 0 aliphatic carbocycles. The van der Waals surface area contributed by atoms with Crippen LogP contribution in [0.2, 0.25) is 0 Å². The largest absolute Gasteiger partial charge is 0.494 e. The van der Waals surface area contributed by atoms with E-state index < -0.39 is 0 Å². The summed E-state index contributed by atoms with van der Waals surface area (Å²) >= 11 is 1.60. The minimum atomic E-state index is 0. The van der Waals surface area contributed by atoms with E-state index in [9.17, 15) is 4.79 Å². The van der Waals surface area contributed by atoms with Crippen molar-refractivity contribution in [3.8, 4) is 5.75 Å². The molecule has 1 N–H and O–H groups in total. The Morgan fingerprint density at radius 2 is 1.92 bits per heavy atom. The fourth-order valence-electron chi connectivity index (χ4n) is 2.77. The molecule has 1 heterocycles. The van der Waals surface area contributed by atoms with Gasteiger partial charge in [0.2, 0.25) is 5.91 Å². The van der Waals surface area contributed by atoms with E-state index in [-0.39, 0.29) is 18.3 Å². The number of ether oxygens (including phenoxy) is 1. The maximum Gasteiger partial charge on any atom is 0.232 e. The molecule has 0 aromatic heterocycles. The lowest BCUT2D eigenvalue weighted by atomic mass is 9.97. The van der Waals surface area contributed by atoms with Crippen molar-refractivity contribution in [2.75, 3.05) is 38.5 Å². The highest BCUT2D eigenvalue weighted by molar-refractivity contribution is 8.00. The summed E-state index contributed by atoms with van der Waals surface area (Å²) in [6.07, 6.45) is 2.24. The van der Waals surface area contributed by atoms with Crippen LogP contribution in [0.5, 0.6) is 5.75 Å². The van der Waals surface area contributed by atoms with E-state index in [2.05, 4.69) is 12.2 Å². The van der Waals surface area contributed by atoms with Crippen molar-refractivity contribution in [1.82, 2.24) is 10.2 Å². The zero-order chi connectivity index (χ0) is 16.5. The topological polar surface area (TPSA) is 41.6 Å². The van der Waals surface area contributed by atoms with E-state index in [1.54, 1.807) is 11.8 Å². The number of benzene rings is 1. The van der Waals surface area contributed by atoms with Crippen LogP contribution in [0, 0.1) is 5.92 Å². The summed E-state index contributed by atoms with van der Waals surface area (Å²) in [5.74, 6) is 2.38. The molecule has 1 aliphatic heterocycles. The summed E-state index contributed by atoms with van der Waals surface area (Å²) in [6, 6.07) is 7.96. The number of rotatable bonds is 8. The molecule has 0 unspecified atom stereocenters. The molecule has 1 aliphatic rings. The van der Waals surface area contributed by atoms with Gasteiger partial charge in [0.05, 0.1) is 12.4 Å². The van der Waals surface area contributed by atoms with Gasteiger partial charge in [-0.05, 0) is 63.0 Å². The van der Waals surface area contributed by atoms with Crippen LogP contribution < -0.4 is 10.1 Å². The molecule has 1 aromatic carbocycles. The van der Waals surface area contributed by atoms with Crippen molar-refractivity contribution in [3.05, 3.63) is 24.3 Å². The lowest BCUT2D eigenvalue weighted by Crippen LogP contribution is -2.41. The van der Waals surface area contributed by atoms with Crippen LogP contribution in [0.25, 0.3) is 0 Å². The van der Waals surface area contributed by atoms with Crippen LogP contribution in [-0.4, -0.2) is 49.3 Å². The van der Waals surface area contributed by atoms with Crippen LogP contribution >= 0.6 is 24.2 Å². The van der Waals surface area contributed by atoms with Gasteiger partial charge in [-0.2, -0.15) is 0 Å². The summed E-state index contributed by atoms with van der Waals surface area (Å²) in [5, 5.41) is 3.40. The number of nitrogens with zero attached hydrogens (tertiary/aromatic N) is 1. The number of amides is 1. The standard InChI is InChI=1S/C18H28N2O2S.ClH/c1-3-19-13-15-9-11-20(12-10-15)18(21)14-23-17-7-5-16(6-8-17)22-4-2;/h5-8,15,19H,3-4,9-14H2,1-2H3;1H. The Morgan fingerprint density at radius 1 is 1.25 bits per heavy atom. The normalized spacial score (nSPS) is 15.0. The second-order valence-electron chi connectivity index (χ2n) is 5.82. The summed E-state index contributed by atoms with van der Waals surface area (Å²) in [6.45, 7) is 8.70. The summed E-state index contributed by atoms with van der Waals surface area (Å²) in [7, 11) is 0. The van der Waals surface area contributed by atoms with Gasteiger partial charge in [0, 0.05) is 18.0 Å². The fourth-order valence-corrected chi connectivity index (χ4v) is 3.57. The summed E-state index contributed by atoms with van der Waals surface area (Å²) in [4.78, 5) is 15.5. The van der Waals surface area contributed by atoms with Crippen LogP contribution in [-0.2, 0) is 4.79 Å². The van der Waals surface area contributed by atoms with Gasteiger partial charge in [0.1, 0.15) is 5.75 Å². The molecule has 0 saturated carbocycles. The molecule has 0 bridgehead atoms. The van der Waals surface area contributed by atoms with Gasteiger partial charge in [0.25, 0.3) is 0 Å². The smallest absolute Gasteiger partial charge is 0.232 e. The van der Waals surface area contributed by atoms with Crippen LogP contribution in [0.3, 0.4) is 0 Å². The third kappa shape index (κ3) is 6.91. The number of thioether (sulfide) groups is 1. The molecule has 4 nitrogen and oxygen atoms in total. The Hall–Kier alpha value is -0.910. The van der Waals surface area contributed by atoms with E-state index in [0.717, 1.165) is 55.6 Å². The zero-order valence-electron chi connectivity index (χ0n) is 14.6. The monoisotopic (exact) mass is 372 g/mol. The lowest BCUT2D eigenvalue weighted by molar-refractivity contribution is -0.129. The first-order chi connectivity index (χ1) is 11.2. The molecule has 0 radical (unpaired) electrons. The Morgan fingerprint density at radius 3 is 2.50 bits per heavy atom. The number of carbonyl (C=O) groups is 1. The lowest BCUT2D eigenvalue weighted by Gasteiger charge is -2.32. The number of piperidine rings is 1. The Balaban J connectivity index is 0.00000288. The number of hydrogen-bond acceptors (Lipinski definition) is 4. The number of likely N-dealkylation sites (tertiary alicyclic amines) is 1. The highest BCUT2D eigenvalue weighted by Crippen LogP contribution is 2.23. The maximum absolute atomic E-state index is 12.3. The van der Waals surface area contributed by atoms with E-state index in [1.807, 2.05) is 36.1 Å². The van der Waals surface area contributed by atoms with Crippen molar-refractivity contribution in [3.63, 3.8) is 0 Å². The second kappa shape index (κ2) is 11.6. The first-order valence-corrected chi connectivity index (χ1v) is 9.55. The van der Waals surface area contributed by atoms with Gasteiger partial charge in [-0.1, -0.05) is 6.92 Å². The Labute approximate surface area is 156 Å².